The van der Waals surface area contributed by atoms with E-state index in [4.69, 9.17) is 4.74 Å². The van der Waals surface area contributed by atoms with Crippen molar-refractivity contribution < 1.29 is 14.5 Å². The lowest BCUT2D eigenvalue weighted by atomic mass is 9.94. The summed E-state index contributed by atoms with van der Waals surface area (Å²) in [4.78, 5) is 35.8. The number of carbonyl (C=O) groups excluding carboxylic acids is 1. The predicted octanol–water partition coefficient (Wildman–Crippen LogP) is 2.99. The summed E-state index contributed by atoms with van der Waals surface area (Å²) in [6, 6.07) is 6.12. The van der Waals surface area contributed by atoms with Crippen LogP contribution in [0.5, 0.6) is 0 Å². The number of aromatic nitrogens is 2. The number of anilines is 1. The van der Waals surface area contributed by atoms with Gasteiger partial charge in [0.15, 0.2) is 0 Å². The van der Waals surface area contributed by atoms with Gasteiger partial charge in [0.25, 0.3) is 11.2 Å². The number of nitrogens with zero attached hydrogens (tertiary/aromatic N) is 2. The largest absolute Gasteiger partial charge is 0.375 e. The van der Waals surface area contributed by atoms with Gasteiger partial charge < -0.3 is 10.1 Å². The number of rotatable bonds is 3. The Balaban J connectivity index is 1.77. The molecule has 1 fully saturated rings. The van der Waals surface area contributed by atoms with Crippen molar-refractivity contribution in [3.05, 3.63) is 55.9 Å². The second kappa shape index (κ2) is 7.34. The van der Waals surface area contributed by atoms with Crippen LogP contribution < -0.4 is 10.9 Å². The molecule has 154 valence electrons. The van der Waals surface area contributed by atoms with Gasteiger partial charge in [0.1, 0.15) is 5.82 Å². The normalized spacial score (nSPS) is 23.7. The van der Waals surface area contributed by atoms with Crippen molar-refractivity contribution in [2.24, 2.45) is 0 Å². The molecule has 2 atom stereocenters. The molecule has 2 unspecified atom stereocenters. The quantitative estimate of drug-likeness (QED) is 0.584. The molecule has 2 aliphatic rings. The maximum atomic E-state index is 12.9. The van der Waals surface area contributed by atoms with Crippen LogP contribution in [-0.4, -0.2) is 38.6 Å². The minimum atomic E-state index is -0.462. The predicted molar refractivity (Wildman–Crippen MR) is 109 cm³/mol. The van der Waals surface area contributed by atoms with Gasteiger partial charge in [-0.05, 0) is 32.3 Å². The first-order valence-corrected chi connectivity index (χ1v) is 10.4. The zero-order valence-electron chi connectivity index (χ0n) is 16.1. The van der Waals surface area contributed by atoms with Gasteiger partial charge >= 0.3 is 0 Å². The number of ether oxygens (including phenoxy) is 1. The Bertz CT molecular complexity index is 1010. The minimum Gasteiger partial charge on any atom is -0.375 e. The first-order valence-electron chi connectivity index (χ1n) is 9.39. The Morgan fingerprint density at radius 2 is 2.00 bits per heavy atom. The summed E-state index contributed by atoms with van der Waals surface area (Å²) in [6.45, 7) is 4.59. The van der Waals surface area contributed by atoms with Gasteiger partial charge in [0, 0.05) is 18.7 Å². The van der Waals surface area contributed by atoms with E-state index in [9.17, 15) is 19.7 Å². The van der Waals surface area contributed by atoms with Crippen LogP contribution in [0.1, 0.15) is 49.1 Å². The number of aromatic amines is 1. The van der Waals surface area contributed by atoms with Gasteiger partial charge in [-0.3, -0.25) is 29.5 Å². The van der Waals surface area contributed by atoms with E-state index >= 15 is 0 Å². The number of H-pyrrole nitrogens is 1. The highest BCUT2D eigenvalue weighted by Gasteiger charge is 2.36. The first kappa shape index (κ1) is 19.7. The van der Waals surface area contributed by atoms with Crippen LogP contribution in [0.3, 0.4) is 0 Å². The van der Waals surface area contributed by atoms with E-state index in [0.29, 0.717) is 24.4 Å². The maximum Gasteiger partial charge on any atom is 0.270 e. The number of thioether (sulfide) groups is 1. The number of carbonyl (C=O) groups is 1. The van der Waals surface area contributed by atoms with Crippen LogP contribution >= 0.6 is 11.8 Å². The lowest BCUT2D eigenvalue weighted by Gasteiger charge is -2.36. The first-order chi connectivity index (χ1) is 13.7. The van der Waals surface area contributed by atoms with Crippen LogP contribution in [-0.2, 0) is 9.53 Å². The van der Waals surface area contributed by atoms with E-state index in [1.54, 1.807) is 16.8 Å². The average molecular weight is 418 g/mol. The number of hydrogen-bond donors (Lipinski definition) is 2. The Hall–Kier alpha value is -2.59. The van der Waals surface area contributed by atoms with Crippen LogP contribution in [0.4, 0.5) is 11.5 Å². The molecule has 0 radical (unpaired) electrons. The third-order valence-corrected chi connectivity index (χ3v) is 6.58. The topological polar surface area (TPSA) is 119 Å². The number of fused-ring (bicyclic) bond motifs is 1. The van der Waals surface area contributed by atoms with Crippen LogP contribution in [0.15, 0.2) is 29.1 Å². The number of non-ortho nitro benzene ring substituents is 1. The van der Waals surface area contributed by atoms with Gasteiger partial charge in [-0.15, -0.1) is 11.8 Å². The van der Waals surface area contributed by atoms with Gasteiger partial charge in [0.2, 0.25) is 5.91 Å². The standard InChI is InChI=1S/C19H22N4O5S/c1-19(2)9-13(7-8-28-19)22-17-15(18(25)21-22)16(29-10-14(24)20-17)11-3-5-12(6-4-11)23(26)27/h3-6,13,16H,7-10H2,1-2H3,(H,20,24)(H,21,25). The highest BCUT2D eigenvalue weighted by Crippen LogP contribution is 2.42. The molecular weight excluding hydrogens is 396 g/mol. The van der Waals surface area contributed by atoms with E-state index in [-0.39, 0.29) is 34.5 Å². The van der Waals surface area contributed by atoms with Crippen molar-refractivity contribution in [3.63, 3.8) is 0 Å². The Kier molecular flexibility index (Phi) is 4.99. The van der Waals surface area contributed by atoms with E-state index < -0.39 is 10.2 Å². The second-order valence-corrected chi connectivity index (χ2v) is 9.01. The molecule has 2 aromatic rings. The zero-order valence-corrected chi connectivity index (χ0v) is 17.0. The fourth-order valence-electron chi connectivity index (χ4n) is 3.97. The molecule has 29 heavy (non-hydrogen) atoms. The van der Waals surface area contributed by atoms with Crippen molar-refractivity contribution in [2.75, 3.05) is 17.7 Å². The molecule has 0 saturated carbocycles. The summed E-state index contributed by atoms with van der Waals surface area (Å²) < 4.78 is 7.55. The third-order valence-electron chi connectivity index (χ3n) is 5.31. The van der Waals surface area contributed by atoms with Crippen molar-refractivity contribution in [1.29, 1.82) is 0 Å². The number of hydrogen-bond acceptors (Lipinski definition) is 6. The highest BCUT2D eigenvalue weighted by atomic mass is 32.2. The molecule has 2 aliphatic heterocycles. The van der Waals surface area contributed by atoms with E-state index in [1.807, 2.05) is 13.8 Å². The number of benzene rings is 1. The molecule has 2 N–H and O–H groups in total. The minimum absolute atomic E-state index is 0.00360. The monoisotopic (exact) mass is 418 g/mol. The molecule has 1 aromatic heterocycles. The molecule has 1 saturated heterocycles. The molecule has 0 spiro atoms. The maximum absolute atomic E-state index is 12.9. The molecule has 0 aliphatic carbocycles. The van der Waals surface area contributed by atoms with E-state index in [2.05, 4.69) is 10.4 Å². The number of nitro benzene ring substituents is 1. The van der Waals surface area contributed by atoms with Crippen LogP contribution in [0.2, 0.25) is 0 Å². The van der Waals surface area contributed by atoms with Crippen LogP contribution in [0, 0.1) is 10.1 Å². The van der Waals surface area contributed by atoms with Gasteiger partial charge in [-0.1, -0.05) is 12.1 Å². The molecule has 0 bridgehead atoms. The summed E-state index contributed by atoms with van der Waals surface area (Å²) in [5.74, 6) is 0.491. The molecule has 1 aromatic carbocycles. The Labute approximate surface area is 170 Å². The summed E-state index contributed by atoms with van der Waals surface area (Å²) in [5.41, 5.74) is 0.617. The van der Waals surface area contributed by atoms with Crippen molar-refractivity contribution in [3.8, 4) is 0 Å². The molecular formula is C19H22N4O5S. The molecule has 10 heteroatoms. The lowest BCUT2D eigenvalue weighted by molar-refractivity contribution is -0.384. The fraction of sp³-hybridized carbons (Fsp3) is 0.474. The summed E-state index contributed by atoms with van der Waals surface area (Å²) >= 11 is 1.34. The van der Waals surface area contributed by atoms with Crippen molar-refractivity contribution in [2.45, 2.75) is 43.6 Å². The van der Waals surface area contributed by atoms with E-state index in [1.165, 1.54) is 23.9 Å². The SMILES string of the molecule is CC1(C)CC(n2[nH]c(=O)c3c2NC(=O)CSC3c2ccc([N+](=O)[O-])cc2)CCO1. The summed E-state index contributed by atoms with van der Waals surface area (Å²) in [7, 11) is 0. The van der Waals surface area contributed by atoms with Crippen molar-refractivity contribution in [1.82, 2.24) is 9.78 Å². The van der Waals surface area contributed by atoms with Crippen molar-refractivity contribution >= 4 is 29.2 Å². The Morgan fingerprint density at radius 3 is 2.66 bits per heavy atom. The average Bonchev–Trinajstić information content (AvgIpc) is 2.87. The molecule has 9 nitrogen and oxygen atoms in total. The Morgan fingerprint density at radius 1 is 1.28 bits per heavy atom. The third kappa shape index (κ3) is 3.82. The zero-order chi connectivity index (χ0) is 20.8. The highest BCUT2D eigenvalue weighted by molar-refractivity contribution is 8.00. The number of amides is 1. The van der Waals surface area contributed by atoms with Gasteiger partial charge in [-0.2, -0.15) is 0 Å². The summed E-state index contributed by atoms with van der Waals surface area (Å²) in [6.07, 6.45) is 1.43. The molecule has 3 heterocycles. The lowest BCUT2D eigenvalue weighted by Crippen LogP contribution is -2.36. The van der Waals surface area contributed by atoms with Crippen LogP contribution in [0.25, 0.3) is 0 Å². The van der Waals surface area contributed by atoms with Gasteiger partial charge in [0.05, 0.1) is 33.1 Å². The fourth-order valence-corrected chi connectivity index (χ4v) is 5.10. The smallest absolute Gasteiger partial charge is 0.270 e. The summed E-state index contributed by atoms with van der Waals surface area (Å²) in [5, 5.41) is 16.3. The van der Waals surface area contributed by atoms with E-state index in [0.717, 1.165) is 12.0 Å². The second-order valence-electron chi connectivity index (χ2n) is 7.92. The number of nitro groups is 1. The number of nitrogens with one attached hydrogen (secondary N) is 2. The van der Waals surface area contributed by atoms with Gasteiger partial charge in [-0.25, -0.2) is 0 Å². The molecule has 4 rings (SSSR count). The molecule has 1 amide bonds.